The first-order valence-electron chi connectivity index (χ1n) is 5.50. The SMILES string of the molecule is CCCCCCC([N+](=O)[O-])C(C)(C)C#N. The van der Waals surface area contributed by atoms with Crippen molar-refractivity contribution in [2.75, 3.05) is 0 Å². The molecule has 15 heavy (non-hydrogen) atoms. The van der Waals surface area contributed by atoms with Gasteiger partial charge in [-0.1, -0.05) is 26.2 Å². The maximum atomic E-state index is 10.8. The molecule has 0 aromatic heterocycles. The molecular weight excluding hydrogens is 192 g/mol. The zero-order valence-corrected chi connectivity index (χ0v) is 9.82. The standard InChI is InChI=1S/C11H20N2O2/c1-4-5-6-7-8-10(13(14)15)11(2,3)9-12/h10H,4-8H2,1-3H3. The zero-order valence-electron chi connectivity index (χ0n) is 9.82. The van der Waals surface area contributed by atoms with Crippen LogP contribution in [0, 0.1) is 26.9 Å². The van der Waals surface area contributed by atoms with E-state index in [0.29, 0.717) is 6.42 Å². The first kappa shape index (κ1) is 13.9. The van der Waals surface area contributed by atoms with Crippen LogP contribution >= 0.6 is 0 Å². The Balaban J connectivity index is 4.20. The third-order valence-electron chi connectivity index (χ3n) is 2.71. The van der Waals surface area contributed by atoms with Crippen LogP contribution in [0.25, 0.3) is 0 Å². The van der Waals surface area contributed by atoms with Gasteiger partial charge in [0.25, 0.3) is 0 Å². The molecular formula is C11H20N2O2. The first-order valence-corrected chi connectivity index (χ1v) is 5.50. The summed E-state index contributed by atoms with van der Waals surface area (Å²) in [6.45, 7) is 5.38. The Kier molecular flexibility index (Phi) is 5.92. The van der Waals surface area contributed by atoms with E-state index in [1.165, 1.54) is 0 Å². The summed E-state index contributed by atoms with van der Waals surface area (Å²) < 4.78 is 0. The minimum Gasteiger partial charge on any atom is -0.264 e. The molecule has 0 radical (unpaired) electrons. The number of rotatable bonds is 7. The average molecular weight is 212 g/mol. The Bertz CT molecular complexity index is 243. The van der Waals surface area contributed by atoms with Gasteiger partial charge >= 0.3 is 0 Å². The molecule has 0 aliphatic carbocycles. The molecule has 0 saturated heterocycles. The molecule has 0 aliphatic rings. The van der Waals surface area contributed by atoms with Crippen LogP contribution in [-0.4, -0.2) is 11.0 Å². The van der Waals surface area contributed by atoms with Crippen LogP contribution in [0.5, 0.6) is 0 Å². The normalized spacial score (nSPS) is 13.2. The predicted octanol–water partition coefficient (Wildman–Crippen LogP) is 3.15. The predicted molar refractivity (Wildman–Crippen MR) is 58.9 cm³/mol. The average Bonchev–Trinajstić information content (AvgIpc) is 2.16. The molecule has 0 fully saturated rings. The van der Waals surface area contributed by atoms with E-state index in [1.807, 2.05) is 6.07 Å². The van der Waals surface area contributed by atoms with E-state index in [9.17, 15) is 10.1 Å². The van der Waals surface area contributed by atoms with Crippen molar-refractivity contribution in [1.82, 2.24) is 0 Å². The third-order valence-corrected chi connectivity index (χ3v) is 2.71. The van der Waals surface area contributed by atoms with Crippen LogP contribution in [0.2, 0.25) is 0 Å². The molecule has 0 saturated carbocycles. The van der Waals surface area contributed by atoms with Crippen molar-refractivity contribution in [3.05, 3.63) is 10.1 Å². The monoisotopic (exact) mass is 212 g/mol. The summed E-state index contributed by atoms with van der Waals surface area (Å²) in [5.74, 6) is 0. The van der Waals surface area contributed by atoms with Crippen LogP contribution in [0.4, 0.5) is 0 Å². The van der Waals surface area contributed by atoms with E-state index in [0.717, 1.165) is 25.7 Å². The molecule has 0 rings (SSSR count). The largest absolute Gasteiger partial charge is 0.264 e. The van der Waals surface area contributed by atoms with E-state index in [-0.39, 0.29) is 4.92 Å². The summed E-state index contributed by atoms with van der Waals surface area (Å²) in [7, 11) is 0. The third kappa shape index (κ3) is 4.78. The fourth-order valence-electron chi connectivity index (χ4n) is 1.57. The van der Waals surface area contributed by atoms with Gasteiger partial charge in [0, 0.05) is 11.3 Å². The molecule has 0 heterocycles. The summed E-state index contributed by atoms with van der Waals surface area (Å²) in [5.41, 5.74) is -0.865. The Morgan fingerprint density at radius 3 is 2.40 bits per heavy atom. The van der Waals surface area contributed by atoms with E-state index in [1.54, 1.807) is 13.8 Å². The number of hydrogen-bond donors (Lipinski definition) is 0. The summed E-state index contributed by atoms with van der Waals surface area (Å²) in [5, 5.41) is 19.7. The van der Waals surface area contributed by atoms with Crippen molar-refractivity contribution in [2.24, 2.45) is 5.41 Å². The molecule has 0 N–H and O–H groups in total. The van der Waals surface area contributed by atoms with Gasteiger partial charge in [-0.15, -0.1) is 0 Å². The van der Waals surface area contributed by atoms with Gasteiger partial charge in [-0.05, 0) is 20.3 Å². The summed E-state index contributed by atoms with van der Waals surface area (Å²) in [6.07, 6.45) is 4.59. The minimum atomic E-state index is -0.865. The van der Waals surface area contributed by atoms with Crippen LogP contribution in [0.15, 0.2) is 0 Å². The Morgan fingerprint density at radius 2 is 2.00 bits per heavy atom. The van der Waals surface area contributed by atoms with Gasteiger partial charge in [-0.3, -0.25) is 10.1 Å². The van der Waals surface area contributed by atoms with Crippen LogP contribution in [0.1, 0.15) is 52.9 Å². The maximum Gasteiger partial charge on any atom is 0.230 e. The Morgan fingerprint density at radius 1 is 1.40 bits per heavy atom. The molecule has 4 heteroatoms. The summed E-state index contributed by atoms with van der Waals surface area (Å²) >= 11 is 0. The van der Waals surface area contributed by atoms with Crippen molar-refractivity contribution < 1.29 is 4.92 Å². The van der Waals surface area contributed by atoms with Gasteiger partial charge in [-0.25, -0.2) is 0 Å². The van der Waals surface area contributed by atoms with Crippen molar-refractivity contribution in [1.29, 1.82) is 5.26 Å². The molecule has 0 bridgehead atoms. The molecule has 4 nitrogen and oxygen atoms in total. The topological polar surface area (TPSA) is 66.9 Å². The highest BCUT2D eigenvalue weighted by Gasteiger charge is 2.38. The lowest BCUT2D eigenvalue weighted by molar-refractivity contribution is -0.537. The van der Waals surface area contributed by atoms with E-state index >= 15 is 0 Å². The number of hydrogen-bond acceptors (Lipinski definition) is 3. The fourth-order valence-corrected chi connectivity index (χ4v) is 1.57. The van der Waals surface area contributed by atoms with Crippen LogP contribution in [-0.2, 0) is 0 Å². The number of nitriles is 1. The molecule has 1 atom stereocenters. The van der Waals surface area contributed by atoms with Crippen molar-refractivity contribution in [3.63, 3.8) is 0 Å². The quantitative estimate of drug-likeness (QED) is 0.370. The molecule has 86 valence electrons. The summed E-state index contributed by atoms with van der Waals surface area (Å²) in [4.78, 5) is 10.5. The maximum absolute atomic E-state index is 10.8. The van der Waals surface area contributed by atoms with Crippen molar-refractivity contribution in [2.45, 2.75) is 58.9 Å². The van der Waals surface area contributed by atoms with E-state index < -0.39 is 11.5 Å². The summed E-state index contributed by atoms with van der Waals surface area (Å²) in [6, 6.07) is 1.29. The molecule has 0 aliphatic heterocycles. The van der Waals surface area contributed by atoms with Gasteiger partial charge in [-0.2, -0.15) is 5.26 Å². The molecule has 0 spiro atoms. The second kappa shape index (κ2) is 6.39. The zero-order chi connectivity index (χ0) is 11.9. The number of unbranched alkanes of at least 4 members (excludes halogenated alkanes) is 3. The van der Waals surface area contributed by atoms with Gasteiger partial charge in [0.05, 0.1) is 6.07 Å². The van der Waals surface area contributed by atoms with Gasteiger partial charge < -0.3 is 0 Å². The highest BCUT2D eigenvalue weighted by atomic mass is 16.6. The molecule has 0 amide bonds. The van der Waals surface area contributed by atoms with Gasteiger partial charge in [0.15, 0.2) is 0 Å². The van der Waals surface area contributed by atoms with E-state index in [4.69, 9.17) is 5.26 Å². The van der Waals surface area contributed by atoms with Crippen molar-refractivity contribution in [3.8, 4) is 6.07 Å². The number of nitro groups is 1. The lowest BCUT2D eigenvalue weighted by Crippen LogP contribution is -2.35. The number of nitrogens with zero attached hydrogens (tertiary/aromatic N) is 2. The lowest BCUT2D eigenvalue weighted by Gasteiger charge is -2.20. The Labute approximate surface area is 91.4 Å². The van der Waals surface area contributed by atoms with Crippen LogP contribution < -0.4 is 0 Å². The second-order valence-electron chi connectivity index (χ2n) is 4.48. The minimum absolute atomic E-state index is 0.310. The van der Waals surface area contributed by atoms with Gasteiger partial charge in [0.2, 0.25) is 6.04 Å². The van der Waals surface area contributed by atoms with Crippen molar-refractivity contribution >= 4 is 0 Å². The highest BCUT2D eigenvalue weighted by Crippen LogP contribution is 2.26. The Hall–Kier alpha value is -1.11. The van der Waals surface area contributed by atoms with Crippen LogP contribution in [0.3, 0.4) is 0 Å². The van der Waals surface area contributed by atoms with Gasteiger partial charge in [0.1, 0.15) is 5.41 Å². The molecule has 0 aromatic carbocycles. The fraction of sp³-hybridized carbons (Fsp3) is 0.909. The lowest BCUT2D eigenvalue weighted by atomic mass is 9.83. The molecule has 0 aromatic rings. The second-order valence-corrected chi connectivity index (χ2v) is 4.48. The highest BCUT2D eigenvalue weighted by molar-refractivity contribution is 4.97. The first-order chi connectivity index (χ1) is 6.95. The van der Waals surface area contributed by atoms with E-state index in [2.05, 4.69) is 6.92 Å². The molecule has 1 unspecified atom stereocenters. The smallest absolute Gasteiger partial charge is 0.230 e.